The van der Waals surface area contributed by atoms with Crippen LogP contribution in [0.15, 0.2) is 24.3 Å². The number of halogens is 1. The van der Waals surface area contributed by atoms with E-state index < -0.39 is 0 Å². The standard InChI is InChI=1S/C14H15BrN2S/c15-9-7-10-5-6-11(8-9)17(10)14-16-12-3-1-2-4-13(12)18-14/h1-4,9-11H,5-8H2. The molecular formula is C14H15BrN2S. The molecule has 0 spiro atoms. The van der Waals surface area contributed by atoms with Gasteiger partial charge < -0.3 is 4.90 Å². The van der Waals surface area contributed by atoms with Crippen LogP contribution >= 0.6 is 27.3 Å². The zero-order chi connectivity index (χ0) is 12.1. The normalized spacial score (nSPS) is 31.2. The van der Waals surface area contributed by atoms with Crippen molar-refractivity contribution in [2.24, 2.45) is 0 Å². The van der Waals surface area contributed by atoms with Crippen LogP contribution in [-0.2, 0) is 0 Å². The molecule has 0 aliphatic carbocycles. The third-order valence-corrected chi connectivity index (χ3v) is 5.98. The van der Waals surface area contributed by atoms with E-state index in [1.54, 1.807) is 0 Å². The van der Waals surface area contributed by atoms with Gasteiger partial charge in [0.2, 0.25) is 0 Å². The van der Waals surface area contributed by atoms with Crippen LogP contribution in [0, 0.1) is 0 Å². The Bertz CT molecular complexity index is 535. The Labute approximate surface area is 119 Å². The van der Waals surface area contributed by atoms with Gasteiger partial charge in [-0.25, -0.2) is 4.98 Å². The number of hydrogen-bond acceptors (Lipinski definition) is 3. The SMILES string of the molecule is BrC1CC2CCC(C1)N2c1nc2ccccc2s1. The summed E-state index contributed by atoms with van der Waals surface area (Å²) in [5.74, 6) is 0. The number of rotatable bonds is 1. The van der Waals surface area contributed by atoms with E-state index in [1.165, 1.54) is 35.5 Å². The Balaban J connectivity index is 1.74. The fourth-order valence-corrected chi connectivity index (χ4v) is 5.37. The van der Waals surface area contributed by atoms with Crippen molar-refractivity contribution < 1.29 is 0 Å². The predicted molar refractivity (Wildman–Crippen MR) is 80.9 cm³/mol. The van der Waals surface area contributed by atoms with Gasteiger partial charge in [-0.05, 0) is 37.8 Å². The molecule has 2 unspecified atom stereocenters. The minimum atomic E-state index is 0.702. The predicted octanol–water partition coefficient (Wildman–Crippen LogP) is 4.19. The molecule has 1 aromatic carbocycles. The number of alkyl halides is 1. The van der Waals surface area contributed by atoms with E-state index in [9.17, 15) is 0 Å². The highest BCUT2D eigenvalue weighted by atomic mass is 79.9. The molecule has 0 amide bonds. The molecule has 4 rings (SSSR count). The first kappa shape index (κ1) is 11.2. The van der Waals surface area contributed by atoms with Crippen molar-refractivity contribution in [3.8, 4) is 0 Å². The van der Waals surface area contributed by atoms with Crippen molar-refractivity contribution in [2.75, 3.05) is 4.90 Å². The molecule has 2 saturated heterocycles. The van der Waals surface area contributed by atoms with Crippen LogP contribution in [0.5, 0.6) is 0 Å². The van der Waals surface area contributed by atoms with Gasteiger partial charge in [0.15, 0.2) is 5.13 Å². The van der Waals surface area contributed by atoms with Crippen LogP contribution in [0.25, 0.3) is 10.2 Å². The number of benzene rings is 1. The Kier molecular flexibility index (Phi) is 2.62. The zero-order valence-electron chi connectivity index (χ0n) is 10.1. The minimum absolute atomic E-state index is 0.702. The van der Waals surface area contributed by atoms with Crippen LogP contribution in [0.4, 0.5) is 5.13 Å². The summed E-state index contributed by atoms with van der Waals surface area (Å²) in [7, 11) is 0. The second kappa shape index (κ2) is 4.20. The van der Waals surface area contributed by atoms with Crippen molar-refractivity contribution >= 4 is 42.6 Å². The molecule has 3 heterocycles. The largest absolute Gasteiger partial charge is 0.342 e. The lowest BCUT2D eigenvalue weighted by molar-refractivity contribution is 0.483. The summed E-state index contributed by atoms with van der Waals surface area (Å²) in [6, 6.07) is 9.88. The zero-order valence-corrected chi connectivity index (χ0v) is 12.5. The van der Waals surface area contributed by atoms with Gasteiger partial charge in [-0.3, -0.25) is 0 Å². The molecule has 4 heteroatoms. The molecule has 1 aromatic heterocycles. The molecule has 0 N–H and O–H groups in total. The van der Waals surface area contributed by atoms with Crippen molar-refractivity contribution in [1.82, 2.24) is 4.98 Å². The summed E-state index contributed by atoms with van der Waals surface area (Å²) in [5.41, 5.74) is 1.15. The Hall–Kier alpha value is -0.610. The summed E-state index contributed by atoms with van der Waals surface area (Å²) in [6.07, 6.45) is 5.21. The first-order chi connectivity index (χ1) is 8.81. The molecule has 2 aliphatic rings. The molecule has 2 atom stereocenters. The fraction of sp³-hybridized carbons (Fsp3) is 0.500. The molecule has 94 valence electrons. The Morgan fingerprint density at radius 3 is 2.61 bits per heavy atom. The summed E-state index contributed by atoms with van der Waals surface area (Å²) < 4.78 is 1.31. The molecule has 0 radical (unpaired) electrons. The number of aromatic nitrogens is 1. The van der Waals surface area contributed by atoms with Crippen LogP contribution in [0.2, 0.25) is 0 Å². The maximum absolute atomic E-state index is 4.83. The highest BCUT2D eigenvalue weighted by Gasteiger charge is 2.41. The first-order valence-electron chi connectivity index (χ1n) is 6.59. The lowest BCUT2D eigenvalue weighted by Crippen LogP contribution is -2.43. The van der Waals surface area contributed by atoms with Gasteiger partial charge in [-0.15, -0.1) is 0 Å². The Morgan fingerprint density at radius 2 is 1.89 bits per heavy atom. The van der Waals surface area contributed by atoms with Gasteiger partial charge >= 0.3 is 0 Å². The van der Waals surface area contributed by atoms with E-state index in [2.05, 4.69) is 45.1 Å². The second-order valence-corrected chi connectivity index (χ2v) is 7.63. The molecule has 0 saturated carbocycles. The first-order valence-corrected chi connectivity index (χ1v) is 8.32. The lowest BCUT2D eigenvalue weighted by atomic mass is 10.0. The number of fused-ring (bicyclic) bond motifs is 3. The van der Waals surface area contributed by atoms with Gasteiger partial charge in [0.25, 0.3) is 0 Å². The number of hydrogen-bond donors (Lipinski definition) is 0. The topological polar surface area (TPSA) is 16.1 Å². The average molecular weight is 323 g/mol. The monoisotopic (exact) mass is 322 g/mol. The highest BCUT2D eigenvalue weighted by molar-refractivity contribution is 9.09. The summed E-state index contributed by atoms with van der Waals surface area (Å²) in [5, 5.41) is 1.24. The van der Waals surface area contributed by atoms with E-state index in [0.717, 1.165) is 5.52 Å². The Morgan fingerprint density at radius 1 is 1.17 bits per heavy atom. The maximum atomic E-state index is 4.83. The van der Waals surface area contributed by atoms with E-state index >= 15 is 0 Å². The molecule has 2 aromatic rings. The van der Waals surface area contributed by atoms with Crippen molar-refractivity contribution in [3.05, 3.63) is 24.3 Å². The second-order valence-electron chi connectivity index (χ2n) is 5.33. The van der Waals surface area contributed by atoms with Crippen LogP contribution in [0.1, 0.15) is 25.7 Å². The quantitative estimate of drug-likeness (QED) is 0.732. The third-order valence-electron chi connectivity index (χ3n) is 4.18. The van der Waals surface area contributed by atoms with Crippen LogP contribution in [0.3, 0.4) is 0 Å². The van der Waals surface area contributed by atoms with E-state index in [-0.39, 0.29) is 0 Å². The molecule has 2 bridgehead atoms. The van der Waals surface area contributed by atoms with Crippen LogP contribution < -0.4 is 4.90 Å². The maximum Gasteiger partial charge on any atom is 0.186 e. The molecule has 18 heavy (non-hydrogen) atoms. The fourth-order valence-electron chi connectivity index (χ4n) is 3.39. The molecule has 2 aliphatic heterocycles. The van der Waals surface area contributed by atoms with E-state index in [1.807, 2.05) is 11.3 Å². The summed E-state index contributed by atoms with van der Waals surface area (Å²) >= 11 is 5.65. The van der Waals surface area contributed by atoms with Gasteiger partial charge in [0.1, 0.15) is 0 Å². The number of piperidine rings is 1. The van der Waals surface area contributed by atoms with Crippen molar-refractivity contribution in [3.63, 3.8) is 0 Å². The number of anilines is 1. The third kappa shape index (κ3) is 1.69. The average Bonchev–Trinajstić information content (AvgIpc) is 2.88. The van der Waals surface area contributed by atoms with Crippen molar-refractivity contribution in [2.45, 2.75) is 42.6 Å². The molecular weight excluding hydrogens is 308 g/mol. The lowest BCUT2D eigenvalue weighted by Gasteiger charge is -2.36. The molecule has 2 nitrogen and oxygen atoms in total. The summed E-state index contributed by atoms with van der Waals surface area (Å²) in [4.78, 5) is 8.14. The smallest absolute Gasteiger partial charge is 0.186 e. The van der Waals surface area contributed by atoms with Gasteiger partial charge in [0, 0.05) is 16.9 Å². The highest BCUT2D eigenvalue weighted by Crippen LogP contribution is 2.43. The minimum Gasteiger partial charge on any atom is -0.342 e. The number of para-hydroxylation sites is 1. The van der Waals surface area contributed by atoms with Gasteiger partial charge in [0.05, 0.1) is 10.2 Å². The number of thiazole rings is 1. The van der Waals surface area contributed by atoms with Gasteiger partial charge in [-0.2, -0.15) is 0 Å². The number of nitrogens with zero attached hydrogens (tertiary/aromatic N) is 2. The van der Waals surface area contributed by atoms with Crippen molar-refractivity contribution in [1.29, 1.82) is 0 Å². The molecule has 2 fully saturated rings. The van der Waals surface area contributed by atoms with E-state index in [4.69, 9.17) is 4.98 Å². The van der Waals surface area contributed by atoms with Crippen LogP contribution in [-0.4, -0.2) is 21.9 Å². The van der Waals surface area contributed by atoms with Gasteiger partial charge in [-0.1, -0.05) is 39.4 Å². The summed E-state index contributed by atoms with van der Waals surface area (Å²) in [6.45, 7) is 0. The van der Waals surface area contributed by atoms with E-state index in [0.29, 0.717) is 16.9 Å².